The van der Waals surface area contributed by atoms with Crippen LogP contribution in [0.25, 0.3) is 0 Å². The Balaban J connectivity index is 2.03. The summed E-state index contributed by atoms with van der Waals surface area (Å²) in [5.74, 6) is 0.528. The summed E-state index contributed by atoms with van der Waals surface area (Å²) in [6.07, 6.45) is 25.3. The molecule has 1 N–H and O–H groups in total. The molecule has 0 amide bonds. The fourth-order valence-electron chi connectivity index (χ4n) is 3.26. The zero-order valence-electron chi connectivity index (χ0n) is 17.4. The van der Waals surface area contributed by atoms with Crippen molar-refractivity contribution in [1.82, 2.24) is 0 Å². The summed E-state index contributed by atoms with van der Waals surface area (Å²) in [6.45, 7) is 2.23. The molecule has 1 fully saturated rings. The number of ether oxygens (including phenoxy) is 1. The average molecular weight is 377 g/mol. The Morgan fingerprint density at radius 1 is 1.00 bits per heavy atom. The third-order valence-electron chi connectivity index (χ3n) is 5.12. The lowest BCUT2D eigenvalue weighted by Gasteiger charge is -2.11. The molecule has 0 aliphatic heterocycles. The van der Waals surface area contributed by atoms with Gasteiger partial charge < -0.3 is 9.84 Å². The number of aliphatic hydroxyl groups excluding tert-OH is 1. The standard InChI is InChI=1S/C24H40O3/c1-3-4-5-6-7-8-9-10-11-13-16-22(25)17-14-12-15-18-23(21-19-20-21)24(26)27-2/h7-8,12-14,16,21-23,25H,3-6,9-11,15,17-20H2,1-2H3/b8-7-,14-12-,16-13+/t22-,23?/m0/s1. The Kier molecular flexibility index (Phi) is 13.8. The highest BCUT2D eigenvalue weighted by Gasteiger charge is 2.36. The molecular formula is C24H40O3. The summed E-state index contributed by atoms with van der Waals surface area (Å²) in [7, 11) is 1.47. The topological polar surface area (TPSA) is 46.5 Å². The van der Waals surface area contributed by atoms with Crippen molar-refractivity contribution in [2.24, 2.45) is 11.8 Å². The van der Waals surface area contributed by atoms with Gasteiger partial charge in [-0.3, -0.25) is 4.79 Å². The van der Waals surface area contributed by atoms with Crippen LogP contribution >= 0.6 is 0 Å². The number of hydrogen-bond donors (Lipinski definition) is 1. The molecule has 1 aliphatic carbocycles. The first-order valence-electron chi connectivity index (χ1n) is 10.9. The molecule has 0 saturated heterocycles. The van der Waals surface area contributed by atoms with E-state index < -0.39 is 6.10 Å². The van der Waals surface area contributed by atoms with Crippen molar-refractivity contribution >= 4 is 5.97 Å². The van der Waals surface area contributed by atoms with Gasteiger partial charge >= 0.3 is 5.97 Å². The number of hydrogen-bond acceptors (Lipinski definition) is 3. The minimum Gasteiger partial charge on any atom is -0.469 e. The maximum atomic E-state index is 11.7. The monoisotopic (exact) mass is 376 g/mol. The molecule has 0 radical (unpaired) electrons. The number of unbranched alkanes of at least 4 members (excludes halogenated alkanes) is 5. The second-order valence-electron chi connectivity index (χ2n) is 7.65. The predicted molar refractivity (Wildman–Crippen MR) is 114 cm³/mol. The van der Waals surface area contributed by atoms with Crippen molar-refractivity contribution in [2.75, 3.05) is 7.11 Å². The molecule has 0 aromatic rings. The lowest BCUT2D eigenvalue weighted by Crippen LogP contribution is -2.17. The molecule has 0 spiro atoms. The van der Waals surface area contributed by atoms with E-state index in [0.29, 0.717) is 12.3 Å². The molecule has 1 unspecified atom stereocenters. The van der Waals surface area contributed by atoms with E-state index in [0.717, 1.165) is 44.9 Å². The molecule has 0 heterocycles. The van der Waals surface area contributed by atoms with Gasteiger partial charge in [-0.25, -0.2) is 0 Å². The molecule has 0 bridgehead atoms. The number of allylic oxidation sites excluding steroid dienone is 4. The zero-order valence-corrected chi connectivity index (χ0v) is 17.4. The summed E-state index contributed by atoms with van der Waals surface area (Å²) in [4.78, 5) is 11.7. The molecule has 3 nitrogen and oxygen atoms in total. The van der Waals surface area contributed by atoms with Crippen LogP contribution in [0.3, 0.4) is 0 Å². The van der Waals surface area contributed by atoms with Crippen molar-refractivity contribution in [3.05, 3.63) is 36.5 Å². The van der Waals surface area contributed by atoms with Gasteiger partial charge in [0.15, 0.2) is 0 Å². The summed E-state index contributed by atoms with van der Waals surface area (Å²) < 4.78 is 4.89. The van der Waals surface area contributed by atoms with Gasteiger partial charge in [-0.1, -0.05) is 56.2 Å². The Labute approximate surface area is 166 Å². The van der Waals surface area contributed by atoms with Crippen molar-refractivity contribution in [2.45, 2.75) is 90.1 Å². The lowest BCUT2D eigenvalue weighted by atomic mass is 9.97. The summed E-state index contributed by atoms with van der Waals surface area (Å²) in [5, 5.41) is 9.98. The Morgan fingerprint density at radius 3 is 2.33 bits per heavy atom. The Morgan fingerprint density at radius 2 is 1.67 bits per heavy atom. The smallest absolute Gasteiger partial charge is 0.308 e. The fourth-order valence-corrected chi connectivity index (χ4v) is 3.26. The van der Waals surface area contributed by atoms with E-state index in [1.165, 1.54) is 32.8 Å². The lowest BCUT2D eigenvalue weighted by molar-refractivity contribution is -0.146. The normalized spacial score (nSPS) is 17.1. The van der Waals surface area contributed by atoms with Gasteiger partial charge in [-0.05, 0) is 70.1 Å². The van der Waals surface area contributed by atoms with E-state index in [4.69, 9.17) is 4.74 Å². The van der Waals surface area contributed by atoms with Gasteiger partial charge in [0.25, 0.3) is 0 Å². The van der Waals surface area contributed by atoms with E-state index in [9.17, 15) is 9.90 Å². The summed E-state index contributed by atoms with van der Waals surface area (Å²) in [5.41, 5.74) is 0. The molecule has 0 aromatic carbocycles. The number of rotatable bonds is 16. The van der Waals surface area contributed by atoms with E-state index >= 15 is 0 Å². The van der Waals surface area contributed by atoms with Crippen LogP contribution in [0.4, 0.5) is 0 Å². The summed E-state index contributed by atoms with van der Waals surface area (Å²) in [6, 6.07) is 0. The first kappa shape index (κ1) is 23.7. The highest BCUT2D eigenvalue weighted by atomic mass is 16.5. The van der Waals surface area contributed by atoms with Crippen molar-refractivity contribution < 1.29 is 14.6 Å². The molecule has 0 aromatic heterocycles. The van der Waals surface area contributed by atoms with Gasteiger partial charge in [-0.15, -0.1) is 0 Å². The Bertz CT molecular complexity index is 460. The molecule has 1 aliphatic rings. The minimum atomic E-state index is -0.411. The summed E-state index contributed by atoms with van der Waals surface area (Å²) >= 11 is 0. The van der Waals surface area contributed by atoms with E-state index in [1.807, 2.05) is 12.2 Å². The molecule has 27 heavy (non-hydrogen) atoms. The second kappa shape index (κ2) is 15.7. The number of carbonyl (C=O) groups is 1. The van der Waals surface area contributed by atoms with Crippen LogP contribution in [-0.4, -0.2) is 24.3 Å². The third kappa shape index (κ3) is 12.6. The van der Waals surface area contributed by atoms with Crippen molar-refractivity contribution in [3.8, 4) is 0 Å². The predicted octanol–water partition coefficient (Wildman–Crippen LogP) is 6.14. The number of methoxy groups -OCH3 is 1. The van der Waals surface area contributed by atoms with Gasteiger partial charge in [0.1, 0.15) is 0 Å². The van der Waals surface area contributed by atoms with Crippen LogP contribution in [0, 0.1) is 11.8 Å². The van der Waals surface area contributed by atoms with Gasteiger partial charge in [-0.2, -0.15) is 0 Å². The fraction of sp³-hybridized carbons (Fsp3) is 0.708. The molecule has 3 heteroatoms. The molecule has 154 valence electrons. The van der Waals surface area contributed by atoms with E-state index in [2.05, 4.69) is 31.2 Å². The second-order valence-corrected chi connectivity index (χ2v) is 7.65. The number of esters is 1. The zero-order chi connectivity index (χ0) is 19.7. The van der Waals surface area contributed by atoms with E-state index in [-0.39, 0.29) is 11.9 Å². The first-order valence-corrected chi connectivity index (χ1v) is 10.9. The van der Waals surface area contributed by atoms with Gasteiger partial charge in [0.05, 0.1) is 19.1 Å². The average Bonchev–Trinajstić information content (AvgIpc) is 3.50. The Hall–Kier alpha value is -1.35. The quantitative estimate of drug-likeness (QED) is 0.200. The highest BCUT2D eigenvalue weighted by molar-refractivity contribution is 5.73. The molecule has 2 atom stereocenters. The van der Waals surface area contributed by atoms with Crippen LogP contribution in [0.1, 0.15) is 84.0 Å². The largest absolute Gasteiger partial charge is 0.469 e. The van der Waals surface area contributed by atoms with E-state index in [1.54, 1.807) is 0 Å². The van der Waals surface area contributed by atoms with Crippen LogP contribution in [0.15, 0.2) is 36.5 Å². The molecule has 1 saturated carbocycles. The van der Waals surface area contributed by atoms with Crippen LogP contribution in [0.2, 0.25) is 0 Å². The number of aliphatic hydroxyl groups is 1. The molecular weight excluding hydrogens is 336 g/mol. The van der Waals surface area contributed by atoms with Crippen LogP contribution < -0.4 is 0 Å². The van der Waals surface area contributed by atoms with Crippen molar-refractivity contribution in [3.63, 3.8) is 0 Å². The minimum absolute atomic E-state index is 0.0603. The maximum absolute atomic E-state index is 11.7. The van der Waals surface area contributed by atoms with Crippen molar-refractivity contribution in [1.29, 1.82) is 0 Å². The molecule has 1 rings (SSSR count). The SMILES string of the molecule is CCCCC/C=C\CCC/C=C/[C@H](O)C/C=C\CCC(C(=O)OC)C1CC1. The third-order valence-corrected chi connectivity index (χ3v) is 5.12. The first-order chi connectivity index (χ1) is 13.2. The van der Waals surface area contributed by atoms with Gasteiger partial charge in [0, 0.05) is 0 Å². The van der Waals surface area contributed by atoms with Crippen LogP contribution in [0.5, 0.6) is 0 Å². The van der Waals surface area contributed by atoms with Crippen LogP contribution in [-0.2, 0) is 9.53 Å². The van der Waals surface area contributed by atoms with Gasteiger partial charge in [0.2, 0.25) is 0 Å². The highest BCUT2D eigenvalue weighted by Crippen LogP contribution is 2.39. The maximum Gasteiger partial charge on any atom is 0.308 e. The number of carbonyl (C=O) groups excluding carboxylic acids is 1.